The van der Waals surface area contributed by atoms with E-state index in [0.717, 1.165) is 36.6 Å². The van der Waals surface area contributed by atoms with Crippen LogP contribution in [0.1, 0.15) is 24.8 Å². The van der Waals surface area contributed by atoms with Gasteiger partial charge in [0.05, 0.1) is 17.7 Å². The molecule has 0 aliphatic carbocycles. The van der Waals surface area contributed by atoms with E-state index in [0.29, 0.717) is 18.1 Å². The third-order valence-electron chi connectivity index (χ3n) is 3.10. The number of nitrogens with one attached hydrogen (secondary N) is 1. The van der Waals surface area contributed by atoms with Gasteiger partial charge in [-0.25, -0.2) is 0 Å². The molecule has 1 atom stereocenters. The lowest BCUT2D eigenvalue weighted by atomic mass is 10.2. The smallest absolute Gasteiger partial charge is 0.225 e. The van der Waals surface area contributed by atoms with Crippen molar-refractivity contribution in [3.8, 4) is 6.07 Å². The third-order valence-corrected chi connectivity index (χ3v) is 4.20. The van der Waals surface area contributed by atoms with Crippen LogP contribution in [0.2, 0.25) is 0 Å². The van der Waals surface area contributed by atoms with Crippen LogP contribution in [-0.4, -0.2) is 30.1 Å². The van der Waals surface area contributed by atoms with E-state index in [1.54, 1.807) is 36.0 Å². The van der Waals surface area contributed by atoms with Crippen molar-refractivity contribution in [2.75, 3.05) is 23.4 Å². The fraction of sp³-hybridized carbons (Fsp3) is 0.467. The van der Waals surface area contributed by atoms with E-state index in [2.05, 4.69) is 5.32 Å². The average molecular weight is 290 g/mol. The second-order valence-electron chi connectivity index (χ2n) is 4.70. The molecule has 0 saturated carbocycles. The van der Waals surface area contributed by atoms with Crippen molar-refractivity contribution < 1.29 is 9.53 Å². The number of ether oxygens (including phenoxy) is 1. The molecule has 0 bridgehead atoms. The monoisotopic (exact) mass is 290 g/mol. The van der Waals surface area contributed by atoms with Crippen LogP contribution in [0, 0.1) is 11.3 Å². The lowest BCUT2D eigenvalue weighted by molar-refractivity contribution is -0.115. The van der Waals surface area contributed by atoms with Gasteiger partial charge in [0.25, 0.3) is 0 Å². The Morgan fingerprint density at radius 2 is 2.25 bits per heavy atom. The standard InChI is InChI=1S/C15H18N2O2S/c16-10-12-3-5-13(6-4-12)17-15(18)7-9-20-11-14-2-1-8-19-14/h3-6,14H,1-2,7-9,11H2,(H,17,18). The number of nitrogens with zero attached hydrogens (tertiary/aromatic N) is 1. The van der Waals surface area contributed by atoms with E-state index in [-0.39, 0.29) is 5.91 Å². The highest BCUT2D eigenvalue weighted by Crippen LogP contribution is 2.17. The molecule has 0 spiro atoms. The van der Waals surface area contributed by atoms with Gasteiger partial charge in [-0.05, 0) is 37.1 Å². The zero-order valence-electron chi connectivity index (χ0n) is 11.3. The van der Waals surface area contributed by atoms with Gasteiger partial charge >= 0.3 is 0 Å². The van der Waals surface area contributed by atoms with Crippen LogP contribution in [-0.2, 0) is 9.53 Å². The van der Waals surface area contributed by atoms with Gasteiger partial charge in [0.1, 0.15) is 0 Å². The van der Waals surface area contributed by atoms with E-state index in [1.807, 2.05) is 6.07 Å². The number of anilines is 1. The first kappa shape index (κ1) is 14.9. The number of carbonyl (C=O) groups is 1. The van der Waals surface area contributed by atoms with E-state index >= 15 is 0 Å². The largest absolute Gasteiger partial charge is 0.377 e. The molecule has 1 unspecified atom stereocenters. The summed E-state index contributed by atoms with van der Waals surface area (Å²) in [6.07, 6.45) is 3.17. The summed E-state index contributed by atoms with van der Waals surface area (Å²) in [6, 6.07) is 8.93. The van der Waals surface area contributed by atoms with Crippen molar-refractivity contribution in [1.82, 2.24) is 0 Å². The summed E-state index contributed by atoms with van der Waals surface area (Å²) < 4.78 is 5.53. The highest BCUT2D eigenvalue weighted by molar-refractivity contribution is 7.99. The van der Waals surface area contributed by atoms with Crippen LogP contribution in [0.15, 0.2) is 24.3 Å². The van der Waals surface area contributed by atoms with Gasteiger partial charge in [0.2, 0.25) is 5.91 Å². The van der Waals surface area contributed by atoms with E-state index in [9.17, 15) is 4.79 Å². The number of thioether (sulfide) groups is 1. The van der Waals surface area contributed by atoms with Gasteiger partial charge in [-0.2, -0.15) is 17.0 Å². The van der Waals surface area contributed by atoms with Crippen LogP contribution in [0.5, 0.6) is 0 Å². The Hall–Kier alpha value is -1.51. The topological polar surface area (TPSA) is 62.1 Å². The lowest BCUT2D eigenvalue weighted by Gasteiger charge is -2.08. The Kier molecular flexibility index (Phi) is 5.90. The van der Waals surface area contributed by atoms with Gasteiger partial charge in [0.15, 0.2) is 0 Å². The Bertz CT molecular complexity index is 476. The molecule has 4 nitrogen and oxygen atoms in total. The maximum Gasteiger partial charge on any atom is 0.225 e. The van der Waals surface area contributed by atoms with Crippen molar-refractivity contribution in [2.24, 2.45) is 0 Å². The molecule has 2 rings (SSSR count). The average Bonchev–Trinajstić information content (AvgIpc) is 2.98. The summed E-state index contributed by atoms with van der Waals surface area (Å²) in [6.45, 7) is 0.879. The Morgan fingerprint density at radius 3 is 2.90 bits per heavy atom. The minimum Gasteiger partial charge on any atom is -0.377 e. The van der Waals surface area contributed by atoms with E-state index in [1.165, 1.54) is 0 Å². The number of nitriles is 1. The first-order valence-electron chi connectivity index (χ1n) is 6.77. The number of carbonyl (C=O) groups excluding carboxylic acids is 1. The summed E-state index contributed by atoms with van der Waals surface area (Å²) in [7, 11) is 0. The van der Waals surface area contributed by atoms with Crippen LogP contribution < -0.4 is 5.32 Å². The second-order valence-corrected chi connectivity index (χ2v) is 5.85. The second kappa shape index (κ2) is 7.93. The fourth-order valence-corrected chi connectivity index (χ4v) is 3.03. The number of benzene rings is 1. The summed E-state index contributed by atoms with van der Waals surface area (Å²) >= 11 is 1.77. The summed E-state index contributed by atoms with van der Waals surface area (Å²) in [5, 5.41) is 11.5. The maximum absolute atomic E-state index is 11.7. The van der Waals surface area contributed by atoms with Crippen LogP contribution in [0.4, 0.5) is 5.69 Å². The highest BCUT2D eigenvalue weighted by Gasteiger charge is 2.15. The van der Waals surface area contributed by atoms with Crippen LogP contribution >= 0.6 is 11.8 Å². The summed E-state index contributed by atoms with van der Waals surface area (Å²) in [4.78, 5) is 11.7. The molecule has 0 aromatic heterocycles. The summed E-state index contributed by atoms with van der Waals surface area (Å²) in [5.41, 5.74) is 1.33. The molecule has 20 heavy (non-hydrogen) atoms. The first-order chi connectivity index (χ1) is 9.78. The molecule has 1 amide bonds. The molecule has 1 aromatic rings. The van der Waals surface area contributed by atoms with Crippen molar-refractivity contribution in [2.45, 2.75) is 25.4 Å². The molecule has 1 aromatic carbocycles. The van der Waals surface area contributed by atoms with Gasteiger partial charge in [-0.3, -0.25) is 4.79 Å². The third kappa shape index (κ3) is 4.87. The number of hydrogen-bond acceptors (Lipinski definition) is 4. The van der Waals surface area contributed by atoms with Crippen molar-refractivity contribution in [1.29, 1.82) is 5.26 Å². The van der Waals surface area contributed by atoms with Crippen molar-refractivity contribution in [3.63, 3.8) is 0 Å². The molecule has 1 heterocycles. The molecule has 0 radical (unpaired) electrons. The van der Waals surface area contributed by atoms with Gasteiger partial charge < -0.3 is 10.1 Å². The van der Waals surface area contributed by atoms with E-state index in [4.69, 9.17) is 10.00 Å². The quantitative estimate of drug-likeness (QED) is 0.818. The molecule has 1 saturated heterocycles. The Morgan fingerprint density at radius 1 is 1.45 bits per heavy atom. The van der Waals surface area contributed by atoms with Crippen molar-refractivity contribution >= 4 is 23.4 Å². The minimum absolute atomic E-state index is 0.00884. The zero-order chi connectivity index (χ0) is 14.2. The maximum atomic E-state index is 11.7. The molecule has 106 valence electrons. The number of amides is 1. The number of hydrogen-bond donors (Lipinski definition) is 1. The van der Waals surface area contributed by atoms with Gasteiger partial charge in [-0.15, -0.1) is 0 Å². The Labute approximate surface area is 123 Å². The summed E-state index contributed by atoms with van der Waals surface area (Å²) in [5.74, 6) is 1.79. The van der Waals surface area contributed by atoms with Gasteiger partial charge in [0, 0.05) is 30.2 Å². The first-order valence-corrected chi connectivity index (χ1v) is 7.93. The molecule has 1 fully saturated rings. The Balaban J connectivity index is 1.63. The molecule has 5 heteroatoms. The predicted octanol–water partition coefficient (Wildman–Crippen LogP) is 2.80. The molecular weight excluding hydrogens is 272 g/mol. The SMILES string of the molecule is N#Cc1ccc(NC(=O)CCSCC2CCCO2)cc1. The predicted molar refractivity (Wildman–Crippen MR) is 80.7 cm³/mol. The van der Waals surface area contributed by atoms with Crippen LogP contribution in [0.25, 0.3) is 0 Å². The molecule has 1 aliphatic heterocycles. The highest BCUT2D eigenvalue weighted by atomic mass is 32.2. The number of rotatable bonds is 6. The zero-order valence-corrected chi connectivity index (χ0v) is 12.1. The molecule has 1 aliphatic rings. The molecule has 1 N–H and O–H groups in total. The van der Waals surface area contributed by atoms with E-state index < -0.39 is 0 Å². The van der Waals surface area contributed by atoms with Crippen LogP contribution in [0.3, 0.4) is 0 Å². The lowest BCUT2D eigenvalue weighted by Crippen LogP contribution is -2.13. The fourth-order valence-electron chi connectivity index (χ4n) is 2.01. The normalized spacial score (nSPS) is 17.6. The molecular formula is C15H18N2O2S. The van der Waals surface area contributed by atoms with Crippen molar-refractivity contribution in [3.05, 3.63) is 29.8 Å². The minimum atomic E-state index is 0.00884. The van der Waals surface area contributed by atoms with Gasteiger partial charge in [-0.1, -0.05) is 0 Å².